The predicted octanol–water partition coefficient (Wildman–Crippen LogP) is 4.23. The molecule has 0 atom stereocenters. The van der Waals surface area contributed by atoms with Gasteiger partial charge in [-0.25, -0.2) is 0 Å². The number of rotatable bonds is 4. The Morgan fingerprint density at radius 2 is 1.32 bits per heavy atom. The van der Waals surface area contributed by atoms with Gasteiger partial charge in [-0.15, -0.1) is 0 Å². The summed E-state index contributed by atoms with van der Waals surface area (Å²) in [6.07, 6.45) is 0.851. The van der Waals surface area contributed by atoms with E-state index >= 15 is 0 Å². The Kier molecular flexibility index (Phi) is 3.97. The minimum absolute atomic E-state index is 0.691. The highest BCUT2D eigenvalue weighted by atomic mass is 16.5. The third-order valence-electron chi connectivity index (χ3n) is 3.38. The van der Waals surface area contributed by atoms with Crippen LogP contribution in [0.2, 0.25) is 0 Å². The Labute approximate surface area is 130 Å². The molecule has 110 valence electrons. The molecule has 0 amide bonds. The van der Waals surface area contributed by atoms with Gasteiger partial charge in [0.05, 0.1) is 0 Å². The molecule has 3 rings (SSSR count). The first-order valence-electron chi connectivity index (χ1n) is 7.16. The molecule has 3 heteroatoms. The molecule has 0 aliphatic heterocycles. The van der Waals surface area contributed by atoms with E-state index in [0.29, 0.717) is 5.69 Å². The van der Waals surface area contributed by atoms with Crippen LogP contribution in [0.1, 0.15) is 11.1 Å². The lowest BCUT2D eigenvalue weighted by Crippen LogP contribution is -1.91. The number of nitrogens with two attached hydrogens (primary N) is 2. The molecule has 0 spiro atoms. The minimum Gasteiger partial charge on any atom is -0.457 e. The Bertz CT molecular complexity index is 700. The van der Waals surface area contributed by atoms with Gasteiger partial charge in [0.25, 0.3) is 0 Å². The maximum Gasteiger partial charge on any atom is 0.129 e. The van der Waals surface area contributed by atoms with Crippen LogP contribution >= 0.6 is 0 Å². The first-order valence-corrected chi connectivity index (χ1v) is 7.16. The number of ether oxygens (including phenoxy) is 1. The summed E-state index contributed by atoms with van der Waals surface area (Å²) in [6.45, 7) is 0. The monoisotopic (exact) mass is 290 g/mol. The normalized spacial score (nSPS) is 10.4. The SMILES string of the molecule is Nc1cccc(Cc2ccc(Oc3cccc(N)c3)cc2)c1. The molecule has 0 aliphatic carbocycles. The number of hydrogen-bond donors (Lipinski definition) is 2. The first kappa shape index (κ1) is 14.0. The van der Waals surface area contributed by atoms with Crippen molar-refractivity contribution < 1.29 is 4.74 Å². The van der Waals surface area contributed by atoms with E-state index in [4.69, 9.17) is 16.2 Å². The quantitative estimate of drug-likeness (QED) is 0.707. The number of benzene rings is 3. The topological polar surface area (TPSA) is 61.3 Å². The zero-order chi connectivity index (χ0) is 15.4. The smallest absolute Gasteiger partial charge is 0.129 e. The molecular formula is C19H18N2O. The van der Waals surface area contributed by atoms with Crippen molar-refractivity contribution in [2.75, 3.05) is 11.5 Å². The molecule has 0 aliphatic rings. The molecule has 0 saturated heterocycles. The van der Waals surface area contributed by atoms with Crippen LogP contribution in [0.4, 0.5) is 11.4 Å². The van der Waals surface area contributed by atoms with Gasteiger partial charge in [0.15, 0.2) is 0 Å². The molecule has 0 heterocycles. The third-order valence-corrected chi connectivity index (χ3v) is 3.38. The molecule has 0 radical (unpaired) electrons. The van der Waals surface area contributed by atoms with Crippen molar-refractivity contribution in [1.82, 2.24) is 0 Å². The van der Waals surface area contributed by atoms with E-state index in [-0.39, 0.29) is 0 Å². The largest absolute Gasteiger partial charge is 0.457 e. The summed E-state index contributed by atoms with van der Waals surface area (Å²) in [5.74, 6) is 1.53. The Morgan fingerprint density at radius 3 is 2.00 bits per heavy atom. The molecule has 4 N–H and O–H groups in total. The van der Waals surface area contributed by atoms with Gasteiger partial charge < -0.3 is 16.2 Å². The fraction of sp³-hybridized carbons (Fsp3) is 0.0526. The second-order valence-electron chi connectivity index (χ2n) is 5.24. The third kappa shape index (κ3) is 3.58. The average Bonchev–Trinajstić information content (AvgIpc) is 2.49. The summed E-state index contributed by atoms with van der Waals surface area (Å²) >= 11 is 0. The van der Waals surface area contributed by atoms with Gasteiger partial charge in [-0.05, 0) is 53.9 Å². The van der Waals surface area contributed by atoms with Gasteiger partial charge in [-0.3, -0.25) is 0 Å². The highest BCUT2D eigenvalue weighted by Crippen LogP contribution is 2.24. The molecule has 0 unspecified atom stereocenters. The fourth-order valence-corrected chi connectivity index (χ4v) is 2.33. The number of hydrogen-bond acceptors (Lipinski definition) is 3. The molecule has 0 aromatic heterocycles. The molecule has 3 nitrogen and oxygen atoms in total. The zero-order valence-corrected chi connectivity index (χ0v) is 12.2. The lowest BCUT2D eigenvalue weighted by atomic mass is 10.0. The summed E-state index contributed by atoms with van der Waals surface area (Å²) in [4.78, 5) is 0. The number of nitrogen functional groups attached to an aromatic ring is 2. The average molecular weight is 290 g/mol. The Hall–Kier alpha value is -2.94. The minimum atomic E-state index is 0.691. The second-order valence-corrected chi connectivity index (χ2v) is 5.24. The van der Waals surface area contributed by atoms with Crippen LogP contribution in [-0.4, -0.2) is 0 Å². The van der Waals surface area contributed by atoms with Gasteiger partial charge in [0.2, 0.25) is 0 Å². The van der Waals surface area contributed by atoms with Crippen molar-refractivity contribution >= 4 is 11.4 Å². The second kappa shape index (κ2) is 6.22. The Balaban J connectivity index is 1.70. The van der Waals surface area contributed by atoms with E-state index in [9.17, 15) is 0 Å². The van der Waals surface area contributed by atoms with Crippen LogP contribution in [0.5, 0.6) is 11.5 Å². The van der Waals surface area contributed by atoms with Crippen LogP contribution in [-0.2, 0) is 6.42 Å². The summed E-state index contributed by atoms with van der Waals surface area (Å²) in [6, 6.07) is 23.4. The van der Waals surface area contributed by atoms with Crippen molar-refractivity contribution in [2.24, 2.45) is 0 Å². The van der Waals surface area contributed by atoms with E-state index in [0.717, 1.165) is 23.6 Å². The van der Waals surface area contributed by atoms with Gasteiger partial charge in [-0.2, -0.15) is 0 Å². The lowest BCUT2D eigenvalue weighted by Gasteiger charge is -2.08. The fourth-order valence-electron chi connectivity index (χ4n) is 2.33. The van der Waals surface area contributed by atoms with Gasteiger partial charge in [0, 0.05) is 17.4 Å². The van der Waals surface area contributed by atoms with E-state index in [1.165, 1.54) is 11.1 Å². The van der Waals surface area contributed by atoms with Crippen LogP contribution in [0, 0.1) is 0 Å². The lowest BCUT2D eigenvalue weighted by molar-refractivity contribution is 0.483. The summed E-state index contributed by atoms with van der Waals surface area (Å²) in [5.41, 5.74) is 15.4. The van der Waals surface area contributed by atoms with Crippen LogP contribution in [0.3, 0.4) is 0 Å². The first-order chi connectivity index (χ1) is 10.7. The van der Waals surface area contributed by atoms with Crippen molar-refractivity contribution in [3.05, 3.63) is 83.9 Å². The maximum atomic E-state index is 5.80. The van der Waals surface area contributed by atoms with Crippen LogP contribution in [0.15, 0.2) is 72.8 Å². The van der Waals surface area contributed by atoms with Crippen molar-refractivity contribution in [1.29, 1.82) is 0 Å². The summed E-state index contributed by atoms with van der Waals surface area (Å²) in [5, 5.41) is 0. The van der Waals surface area contributed by atoms with Crippen LogP contribution < -0.4 is 16.2 Å². The van der Waals surface area contributed by atoms with Gasteiger partial charge >= 0.3 is 0 Å². The highest BCUT2D eigenvalue weighted by Gasteiger charge is 2.00. The standard InChI is InChI=1S/C19H18N2O/c20-16-4-1-3-15(12-16)11-14-7-9-18(10-8-14)22-19-6-2-5-17(21)13-19/h1-10,12-13H,11,20-21H2. The molecular weight excluding hydrogens is 272 g/mol. The number of anilines is 2. The molecule has 0 fully saturated rings. The van der Waals surface area contributed by atoms with E-state index in [1.807, 2.05) is 48.5 Å². The Morgan fingerprint density at radius 1 is 0.636 bits per heavy atom. The maximum absolute atomic E-state index is 5.80. The predicted molar refractivity (Wildman–Crippen MR) is 91.0 cm³/mol. The van der Waals surface area contributed by atoms with E-state index in [2.05, 4.69) is 18.2 Å². The molecule has 22 heavy (non-hydrogen) atoms. The summed E-state index contributed by atoms with van der Waals surface area (Å²) < 4.78 is 5.78. The zero-order valence-electron chi connectivity index (χ0n) is 12.2. The van der Waals surface area contributed by atoms with Crippen molar-refractivity contribution in [3.8, 4) is 11.5 Å². The molecule has 3 aromatic carbocycles. The summed E-state index contributed by atoms with van der Waals surface area (Å²) in [7, 11) is 0. The van der Waals surface area contributed by atoms with Crippen molar-refractivity contribution in [3.63, 3.8) is 0 Å². The molecule has 0 saturated carbocycles. The van der Waals surface area contributed by atoms with Crippen LogP contribution in [0.25, 0.3) is 0 Å². The molecule has 0 bridgehead atoms. The van der Waals surface area contributed by atoms with Gasteiger partial charge in [-0.1, -0.05) is 30.3 Å². The molecule has 3 aromatic rings. The van der Waals surface area contributed by atoms with Crippen molar-refractivity contribution in [2.45, 2.75) is 6.42 Å². The van der Waals surface area contributed by atoms with E-state index in [1.54, 1.807) is 6.07 Å². The van der Waals surface area contributed by atoms with Gasteiger partial charge in [0.1, 0.15) is 11.5 Å². The van der Waals surface area contributed by atoms with E-state index < -0.39 is 0 Å². The highest BCUT2D eigenvalue weighted by molar-refractivity contribution is 5.46.